The lowest BCUT2D eigenvalue weighted by Gasteiger charge is -2.34. The molecule has 0 saturated heterocycles. The number of ether oxygens (including phenoxy) is 1. The standard InChI is InChI=1S/C30H36ClN3O5S/c1-21-18-24(31)14-17-27(21)34(40(37,38)26-10-8-7-9-11-26)20-28(35)33(22(2)29(36)32-30(3,4)5)19-23-12-15-25(39-6)16-13-23/h7-18,22H,19-20H2,1-6H3,(H,32,36)/t22-/m0/s1. The predicted molar refractivity (Wildman–Crippen MR) is 158 cm³/mol. The third-order valence-corrected chi connectivity index (χ3v) is 8.22. The van der Waals surface area contributed by atoms with E-state index in [2.05, 4.69) is 5.32 Å². The van der Waals surface area contributed by atoms with E-state index in [0.717, 1.165) is 9.87 Å². The molecule has 3 rings (SSSR count). The van der Waals surface area contributed by atoms with Crippen LogP contribution < -0.4 is 14.4 Å². The highest BCUT2D eigenvalue weighted by Crippen LogP contribution is 2.29. The van der Waals surface area contributed by atoms with Crippen molar-refractivity contribution in [2.45, 2.75) is 57.6 Å². The largest absolute Gasteiger partial charge is 0.497 e. The van der Waals surface area contributed by atoms with Crippen molar-refractivity contribution in [3.8, 4) is 5.75 Å². The first-order valence-electron chi connectivity index (χ1n) is 12.8. The summed E-state index contributed by atoms with van der Waals surface area (Å²) in [5.74, 6) is -0.241. The smallest absolute Gasteiger partial charge is 0.264 e. The van der Waals surface area contributed by atoms with Gasteiger partial charge in [0, 0.05) is 17.1 Å². The lowest BCUT2D eigenvalue weighted by atomic mass is 10.1. The molecule has 0 radical (unpaired) electrons. The van der Waals surface area contributed by atoms with Gasteiger partial charge in [0.05, 0.1) is 17.7 Å². The van der Waals surface area contributed by atoms with Crippen molar-refractivity contribution in [1.82, 2.24) is 10.2 Å². The molecule has 40 heavy (non-hydrogen) atoms. The normalized spacial score (nSPS) is 12.4. The number of aryl methyl sites for hydroxylation is 1. The van der Waals surface area contributed by atoms with Crippen LogP contribution in [0.1, 0.15) is 38.8 Å². The number of carbonyl (C=O) groups is 2. The van der Waals surface area contributed by atoms with E-state index < -0.39 is 34.1 Å². The maximum atomic E-state index is 14.0. The zero-order chi connectivity index (χ0) is 29.7. The number of benzene rings is 3. The Morgan fingerprint density at radius 1 is 1.00 bits per heavy atom. The van der Waals surface area contributed by atoms with Gasteiger partial charge in [-0.1, -0.05) is 41.9 Å². The molecule has 0 unspecified atom stereocenters. The van der Waals surface area contributed by atoms with Crippen LogP contribution in [0.2, 0.25) is 5.02 Å². The van der Waals surface area contributed by atoms with E-state index in [1.54, 1.807) is 81.6 Å². The summed E-state index contributed by atoms with van der Waals surface area (Å²) in [6.45, 7) is 8.48. The number of nitrogens with one attached hydrogen (secondary N) is 1. The van der Waals surface area contributed by atoms with Gasteiger partial charge < -0.3 is 15.0 Å². The molecule has 0 spiro atoms. The number of anilines is 1. The number of nitrogens with zero attached hydrogens (tertiary/aromatic N) is 2. The Balaban J connectivity index is 2.05. The fourth-order valence-corrected chi connectivity index (χ4v) is 5.84. The maximum absolute atomic E-state index is 14.0. The predicted octanol–water partition coefficient (Wildman–Crippen LogP) is 5.18. The monoisotopic (exact) mass is 585 g/mol. The first kappa shape index (κ1) is 31.0. The molecular formula is C30H36ClN3O5S. The lowest BCUT2D eigenvalue weighted by molar-refractivity contribution is -0.140. The van der Waals surface area contributed by atoms with Crippen molar-refractivity contribution < 1.29 is 22.7 Å². The second-order valence-electron chi connectivity index (χ2n) is 10.5. The average molecular weight is 586 g/mol. The molecule has 0 aliphatic heterocycles. The number of rotatable bonds is 10. The van der Waals surface area contributed by atoms with Crippen LogP contribution in [0.5, 0.6) is 5.75 Å². The van der Waals surface area contributed by atoms with Gasteiger partial charge in [-0.15, -0.1) is 0 Å². The fourth-order valence-electron chi connectivity index (χ4n) is 4.12. The highest BCUT2D eigenvalue weighted by Gasteiger charge is 2.33. The van der Waals surface area contributed by atoms with Gasteiger partial charge in [-0.2, -0.15) is 0 Å². The number of halogens is 1. The summed E-state index contributed by atoms with van der Waals surface area (Å²) in [6, 6.07) is 19.0. The minimum atomic E-state index is -4.15. The van der Waals surface area contributed by atoms with Gasteiger partial charge in [0.2, 0.25) is 11.8 Å². The first-order chi connectivity index (χ1) is 18.7. The second-order valence-corrected chi connectivity index (χ2v) is 12.8. The Hall–Kier alpha value is -3.56. The topological polar surface area (TPSA) is 96.0 Å². The molecule has 0 fully saturated rings. The molecule has 0 heterocycles. The fraction of sp³-hybridized carbons (Fsp3) is 0.333. The summed E-state index contributed by atoms with van der Waals surface area (Å²) < 4.78 is 34.1. The Kier molecular flexibility index (Phi) is 9.87. The molecule has 0 saturated carbocycles. The van der Waals surface area contributed by atoms with Crippen LogP contribution in [0.4, 0.5) is 5.69 Å². The molecule has 1 atom stereocenters. The van der Waals surface area contributed by atoms with Crippen molar-refractivity contribution in [3.63, 3.8) is 0 Å². The molecule has 0 aliphatic carbocycles. The van der Waals surface area contributed by atoms with Crippen LogP contribution in [0.15, 0.2) is 77.7 Å². The average Bonchev–Trinajstić information content (AvgIpc) is 2.90. The van der Waals surface area contributed by atoms with Crippen LogP contribution in [0.25, 0.3) is 0 Å². The van der Waals surface area contributed by atoms with Gasteiger partial charge in [-0.05, 0) is 88.2 Å². The molecule has 0 aliphatic rings. The summed E-state index contributed by atoms with van der Waals surface area (Å²) in [5.41, 5.74) is 1.13. The molecule has 10 heteroatoms. The highest BCUT2D eigenvalue weighted by atomic mass is 35.5. The minimum absolute atomic E-state index is 0.0392. The quantitative estimate of drug-likeness (QED) is 0.353. The number of sulfonamides is 1. The molecular weight excluding hydrogens is 550 g/mol. The third kappa shape index (κ3) is 7.76. The number of hydrogen-bond acceptors (Lipinski definition) is 5. The molecule has 3 aromatic carbocycles. The Morgan fingerprint density at radius 2 is 1.62 bits per heavy atom. The van der Waals surface area contributed by atoms with E-state index in [1.165, 1.54) is 17.0 Å². The number of amides is 2. The van der Waals surface area contributed by atoms with Gasteiger partial charge in [0.1, 0.15) is 18.3 Å². The number of carbonyl (C=O) groups excluding carboxylic acids is 2. The van der Waals surface area contributed by atoms with Crippen molar-refractivity contribution in [2.75, 3.05) is 18.0 Å². The van der Waals surface area contributed by atoms with Gasteiger partial charge in [-0.3, -0.25) is 13.9 Å². The summed E-state index contributed by atoms with van der Waals surface area (Å²) in [4.78, 5) is 28.6. The zero-order valence-electron chi connectivity index (χ0n) is 23.6. The zero-order valence-corrected chi connectivity index (χ0v) is 25.2. The highest BCUT2D eigenvalue weighted by molar-refractivity contribution is 7.92. The number of hydrogen-bond donors (Lipinski definition) is 1. The van der Waals surface area contributed by atoms with Crippen LogP contribution in [-0.4, -0.2) is 50.4 Å². The molecule has 0 bridgehead atoms. The third-order valence-electron chi connectivity index (χ3n) is 6.22. The first-order valence-corrected chi connectivity index (χ1v) is 14.6. The molecule has 2 amide bonds. The van der Waals surface area contributed by atoms with Crippen molar-refractivity contribution in [2.24, 2.45) is 0 Å². The number of methoxy groups -OCH3 is 1. The van der Waals surface area contributed by atoms with E-state index >= 15 is 0 Å². The van der Waals surface area contributed by atoms with Crippen LogP contribution >= 0.6 is 11.6 Å². The molecule has 214 valence electrons. The van der Waals surface area contributed by atoms with Gasteiger partial charge in [-0.25, -0.2) is 8.42 Å². The van der Waals surface area contributed by atoms with E-state index in [4.69, 9.17) is 16.3 Å². The van der Waals surface area contributed by atoms with Crippen LogP contribution in [0.3, 0.4) is 0 Å². The maximum Gasteiger partial charge on any atom is 0.264 e. The Labute approximate surface area is 241 Å². The summed E-state index contributed by atoms with van der Waals surface area (Å²) in [6.07, 6.45) is 0. The van der Waals surface area contributed by atoms with Crippen LogP contribution in [0, 0.1) is 6.92 Å². The minimum Gasteiger partial charge on any atom is -0.497 e. The van der Waals surface area contributed by atoms with E-state index in [-0.39, 0.29) is 17.3 Å². The Morgan fingerprint density at radius 3 is 2.17 bits per heavy atom. The summed E-state index contributed by atoms with van der Waals surface area (Å²) in [5, 5.41) is 3.36. The summed E-state index contributed by atoms with van der Waals surface area (Å²) in [7, 11) is -2.59. The van der Waals surface area contributed by atoms with Gasteiger partial charge >= 0.3 is 0 Å². The Bertz CT molecular complexity index is 1440. The molecule has 0 aromatic heterocycles. The lowest BCUT2D eigenvalue weighted by Crippen LogP contribution is -2.54. The van der Waals surface area contributed by atoms with E-state index in [9.17, 15) is 18.0 Å². The molecule has 1 N–H and O–H groups in total. The SMILES string of the molecule is COc1ccc(CN(C(=O)CN(c2ccc(Cl)cc2C)S(=O)(=O)c2ccccc2)[C@@H](C)C(=O)NC(C)(C)C)cc1. The van der Waals surface area contributed by atoms with E-state index in [1.807, 2.05) is 20.8 Å². The van der Waals surface area contributed by atoms with Gasteiger partial charge in [0.15, 0.2) is 0 Å². The molecule has 8 nitrogen and oxygen atoms in total. The van der Waals surface area contributed by atoms with E-state index in [0.29, 0.717) is 22.0 Å². The summed E-state index contributed by atoms with van der Waals surface area (Å²) >= 11 is 6.15. The van der Waals surface area contributed by atoms with Crippen molar-refractivity contribution >= 4 is 39.1 Å². The van der Waals surface area contributed by atoms with Crippen molar-refractivity contribution in [1.29, 1.82) is 0 Å². The van der Waals surface area contributed by atoms with Crippen LogP contribution in [-0.2, 0) is 26.2 Å². The second kappa shape index (κ2) is 12.7. The van der Waals surface area contributed by atoms with Crippen molar-refractivity contribution in [3.05, 3.63) is 88.9 Å². The van der Waals surface area contributed by atoms with Gasteiger partial charge in [0.25, 0.3) is 10.0 Å². The molecule has 3 aromatic rings.